The summed E-state index contributed by atoms with van der Waals surface area (Å²) in [5, 5.41) is 11.5. The first-order chi connectivity index (χ1) is 17.7. The first-order valence-corrected chi connectivity index (χ1v) is 12.3. The average Bonchev–Trinajstić information content (AvgIpc) is 3.40. The molecule has 1 aliphatic heterocycles. The van der Waals surface area contributed by atoms with Crippen molar-refractivity contribution in [1.29, 1.82) is 0 Å². The average molecular weight is 523 g/mol. The number of carbonyl (C=O) groups is 3. The maximum Gasteiger partial charge on any atom is 0.350 e. The second-order valence-electron chi connectivity index (χ2n) is 8.23. The van der Waals surface area contributed by atoms with Gasteiger partial charge < -0.3 is 19.3 Å². The van der Waals surface area contributed by atoms with Crippen molar-refractivity contribution >= 4 is 39.9 Å². The zero-order chi connectivity index (χ0) is 26.9. The monoisotopic (exact) mass is 522 g/mol. The minimum atomic E-state index is -1.06. The number of esters is 1. The van der Waals surface area contributed by atoms with Crippen LogP contribution in [0.5, 0.6) is 11.5 Å². The summed E-state index contributed by atoms with van der Waals surface area (Å²) in [5.41, 5.74) is 1.80. The number of carbonyl (C=O) groups excluding carboxylic acids is 3. The number of thiazole rings is 1. The molecule has 9 nitrogen and oxygen atoms in total. The smallest absolute Gasteiger partial charge is 0.350 e. The number of ether oxygens (including phenoxy) is 3. The Bertz CT molecular complexity index is 1430. The zero-order valence-corrected chi connectivity index (χ0v) is 21.8. The van der Waals surface area contributed by atoms with Crippen molar-refractivity contribution in [2.75, 3.05) is 25.7 Å². The van der Waals surface area contributed by atoms with Crippen LogP contribution in [0.2, 0.25) is 0 Å². The summed E-state index contributed by atoms with van der Waals surface area (Å²) in [7, 11) is 3.01. The number of Topliss-reactive ketones (excluding diaryl/α,β-unsaturated/α-hetero) is 1. The fraction of sp³-hybridized carbons (Fsp3) is 0.259. The third-order valence-electron chi connectivity index (χ3n) is 6.00. The maximum absolute atomic E-state index is 13.4. The van der Waals surface area contributed by atoms with Crippen LogP contribution in [0.15, 0.2) is 48.0 Å². The lowest BCUT2D eigenvalue weighted by Crippen LogP contribution is -2.29. The van der Waals surface area contributed by atoms with E-state index >= 15 is 0 Å². The number of methoxy groups -OCH3 is 2. The van der Waals surface area contributed by atoms with E-state index in [0.717, 1.165) is 16.9 Å². The first-order valence-electron chi connectivity index (χ1n) is 11.5. The maximum atomic E-state index is 13.4. The van der Waals surface area contributed by atoms with Crippen LogP contribution in [0.4, 0.5) is 5.13 Å². The molecule has 37 heavy (non-hydrogen) atoms. The van der Waals surface area contributed by atoms with Crippen LogP contribution >= 0.6 is 11.3 Å². The zero-order valence-electron chi connectivity index (χ0n) is 21.0. The molecule has 1 saturated heterocycles. The summed E-state index contributed by atoms with van der Waals surface area (Å²) < 4.78 is 15.9. The number of ketones is 1. The molecule has 0 aliphatic carbocycles. The van der Waals surface area contributed by atoms with Crippen LogP contribution in [0.1, 0.15) is 45.0 Å². The largest absolute Gasteiger partial charge is 0.507 e. The molecular formula is C27H26N2O7S. The summed E-state index contributed by atoms with van der Waals surface area (Å²) >= 11 is 0.945. The Balaban J connectivity index is 1.95. The molecule has 1 atom stereocenters. The third-order valence-corrected chi connectivity index (χ3v) is 7.14. The highest BCUT2D eigenvalue weighted by molar-refractivity contribution is 7.17. The van der Waals surface area contributed by atoms with Gasteiger partial charge in [-0.3, -0.25) is 14.5 Å². The van der Waals surface area contributed by atoms with Gasteiger partial charge in [0.15, 0.2) is 5.13 Å². The fourth-order valence-corrected chi connectivity index (χ4v) is 5.26. The number of anilines is 1. The third kappa shape index (κ3) is 4.55. The summed E-state index contributed by atoms with van der Waals surface area (Å²) in [6.07, 6.45) is 0. The number of para-hydroxylation sites is 1. The molecule has 0 spiro atoms. The minimum absolute atomic E-state index is 0.121. The molecule has 3 aromatic rings. The highest BCUT2D eigenvalue weighted by Gasteiger charge is 2.49. The van der Waals surface area contributed by atoms with E-state index in [0.29, 0.717) is 28.3 Å². The number of aliphatic hydroxyl groups excluding tert-OH is 1. The molecule has 1 fully saturated rings. The quantitative estimate of drug-likeness (QED) is 0.208. The Morgan fingerprint density at radius 3 is 2.43 bits per heavy atom. The number of amides is 1. The molecule has 10 heteroatoms. The van der Waals surface area contributed by atoms with Gasteiger partial charge >= 0.3 is 11.9 Å². The molecule has 0 unspecified atom stereocenters. The van der Waals surface area contributed by atoms with Crippen molar-refractivity contribution in [2.45, 2.75) is 26.8 Å². The SMILES string of the molecule is CCOC(=O)c1sc(N2C(=O)C(=O)/C(=C(/O)c3ccc(OC)c(C)c3)[C@@H]2c2ccccc2OC)nc1C. The van der Waals surface area contributed by atoms with E-state index in [2.05, 4.69) is 4.98 Å². The van der Waals surface area contributed by atoms with Gasteiger partial charge in [-0.1, -0.05) is 29.5 Å². The topological polar surface area (TPSA) is 115 Å². The molecular weight excluding hydrogens is 496 g/mol. The van der Waals surface area contributed by atoms with Gasteiger partial charge in [-0.05, 0) is 50.6 Å². The van der Waals surface area contributed by atoms with Crippen molar-refractivity contribution in [3.8, 4) is 11.5 Å². The number of aryl methyl sites for hydroxylation is 2. The predicted octanol–water partition coefficient (Wildman–Crippen LogP) is 4.58. The van der Waals surface area contributed by atoms with Crippen molar-refractivity contribution in [1.82, 2.24) is 4.98 Å². The molecule has 192 valence electrons. The lowest BCUT2D eigenvalue weighted by atomic mass is 9.94. The Labute approximate surface area is 217 Å². The van der Waals surface area contributed by atoms with Gasteiger partial charge in [0.2, 0.25) is 0 Å². The lowest BCUT2D eigenvalue weighted by molar-refractivity contribution is -0.132. The molecule has 1 aliphatic rings. The van der Waals surface area contributed by atoms with Gasteiger partial charge in [0.25, 0.3) is 5.78 Å². The normalized spacial score (nSPS) is 16.7. The summed E-state index contributed by atoms with van der Waals surface area (Å²) in [6, 6.07) is 10.8. The van der Waals surface area contributed by atoms with Gasteiger partial charge in [0.05, 0.1) is 32.1 Å². The molecule has 0 saturated carbocycles. The van der Waals surface area contributed by atoms with Gasteiger partial charge in [-0.25, -0.2) is 9.78 Å². The first kappa shape index (κ1) is 25.9. The number of rotatable bonds is 7. The van der Waals surface area contributed by atoms with E-state index in [4.69, 9.17) is 14.2 Å². The molecule has 4 rings (SSSR count). The second kappa shape index (κ2) is 10.4. The number of aromatic nitrogens is 1. The van der Waals surface area contributed by atoms with E-state index in [1.807, 2.05) is 0 Å². The molecule has 0 radical (unpaired) electrons. The van der Waals surface area contributed by atoms with E-state index in [-0.39, 0.29) is 27.9 Å². The van der Waals surface area contributed by atoms with E-state index in [1.165, 1.54) is 19.1 Å². The minimum Gasteiger partial charge on any atom is -0.507 e. The van der Waals surface area contributed by atoms with Crippen LogP contribution < -0.4 is 14.4 Å². The molecule has 1 amide bonds. The number of hydrogen-bond acceptors (Lipinski definition) is 9. The van der Waals surface area contributed by atoms with Crippen LogP contribution in [-0.4, -0.2) is 48.6 Å². The van der Waals surface area contributed by atoms with Crippen LogP contribution in [0.25, 0.3) is 5.76 Å². The van der Waals surface area contributed by atoms with E-state index < -0.39 is 23.7 Å². The van der Waals surface area contributed by atoms with Crippen LogP contribution in [-0.2, 0) is 14.3 Å². The molecule has 1 aromatic heterocycles. The van der Waals surface area contributed by atoms with Crippen molar-refractivity contribution in [3.05, 3.63) is 75.3 Å². The Kier molecular flexibility index (Phi) is 7.30. The van der Waals surface area contributed by atoms with Crippen LogP contribution in [0, 0.1) is 13.8 Å². The highest BCUT2D eigenvalue weighted by atomic mass is 32.1. The van der Waals surface area contributed by atoms with Gasteiger partial charge in [-0.15, -0.1) is 0 Å². The van der Waals surface area contributed by atoms with Crippen molar-refractivity contribution < 1.29 is 33.7 Å². The second-order valence-corrected chi connectivity index (χ2v) is 9.20. The predicted molar refractivity (Wildman–Crippen MR) is 138 cm³/mol. The lowest BCUT2D eigenvalue weighted by Gasteiger charge is -2.24. The van der Waals surface area contributed by atoms with Gasteiger partial charge in [-0.2, -0.15) is 0 Å². The van der Waals surface area contributed by atoms with E-state index in [1.54, 1.807) is 63.2 Å². The molecule has 1 N–H and O–H groups in total. The number of hydrogen-bond donors (Lipinski definition) is 1. The number of nitrogens with zero attached hydrogens (tertiary/aromatic N) is 2. The number of benzene rings is 2. The molecule has 2 aromatic carbocycles. The molecule has 0 bridgehead atoms. The van der Waals surface area contributed by atoms with E-state index in [9.17, 15) is 19.5 Å². The van der Waals surface area contributed by atoms with Crippen LogP contribution in [0.3, 0.4) is 0 Å². The number of aliphatic hydroxyl groups is 1. The Morgan fingerprint density at radius 2 is 1.78 bits per heavy atom. The van der Waals surface area contributed by atoms with Gasteiger partial charge in [0, 0.05) is 11.1 Å². The van der Waals surface area contributed by atoms with Crippen molar-refractivity contribution in [2.24, 2.45) is 0 Å². The molecule has 2 heterocycles. The summed E-state index contributed by atoms with van der Waals surface area (Å²) in [4.78, 5) is 45.2. The van der Waals surface area contributed by atoms with Crippen molar-refractivity contribution in [3.63, 3.8) is 0 Å². The summed E-state index contributed by atoms with van der Waals surface area (Å²) in [5.74, 6) is -1.65. The standard InChI is InChI=1S/C27H26N2O7S/c1-6-36-26(33)24-15(3)28-27(37-24)29-21(17-9-7-8-10-19(17)35-5)20(23(31)25(29)32)22(30)16-11-12-18(34-4)14(2)13-16/h7-13,21,30H,6H2,1-5H3/b22-20+/t21-/m0/s1. The summed E-state index contributed by atoms with van der Waals surface area (Å²) in [6.45, 7) is 5.30. The van der Waals surface area contributed by atoms with Gasteiger partial charge in [0.1, 0.15) is 28.2 Å². The Hall–Kier alpha value is -4.18. The fourth-order valence-electron chi connectivity index (χ4n) is 4.27. The highest BCUT2D eigenvalue weighted by Crippen LogP contribution is 2.46. The Morgan fingerprint density at radius 1 is 1.08 bits per heavy atom.